The number of carbonyl (C=O) groups excluding carboxylic acids is 1. The van der Waals surface area contributed by atoms with Crippen LogP contribution in [0.2, 0.25) is 0 Å². The van der Waals surface area contributed by atoms with E-state index >= 15 is 0 Å². The van der Waals surface area contributed by atoms with E-state index in [4.69, 9.17) is 0 Å². The molecule has 1 spiro atoms. The predicted molar refractivity (Wildman–Crippen MR) is 101 cm³/mol. The van der Waals surface area contributed by atoms with Gasteiger partial charge in [0.2, 0.25) is 5.91 Å². The van der Waals surface area contributed by atoms with Gasteiger partial charge in [-0.15, -0.1) is 0 Å². The van der Waals surface area contributed by atoms with Crippen LogP contribution in [0.3, 0.4) is 0 Å². The van der Waals surface area contributed by atoms with Gasteiger partial charge in [-0.1, -0.05) is 18.2 Å². The molecule has 3 heterocycles. The molecule has 0 atom stereocenters. The first kappa shape index (κ1) is 17.0. The van der Waals surface area contributed by atoms with E-state index in [0.29, 0.717) is 13.0 Å². The lowest BCUT2D eigenvalue weighted by Crippen LogP contribution is -2.52. The highest BCUT2D eigenvalue weighted by Crippen LogP contribution is 2.33. The summed E-state index contributed by atoms with van der Waals surface area (Å²) in [6.45, 7) is 5.26. The van der Waals surface area contributed by atoms with Crippen molar-refractivity contribution in [1.82, 2.24) is 20.2 Å². The van der Waals surface area contributed by atoms with Crippen LogP contribution in [0.15, 0.2) is 36.7 Å². The molecule has 6 nitrogen and oxygen atoms in total. The molecule has 2 aliphatic rings. The Morgan fingerprint density at radius 1 is 1.15 bits per heavy atom. The minimum Gasteiger partial charge on any atom is -0.379 e. The molecule has 2 N–H and O–H groups in total. The summed E-state index contributed by atoms with van der Waals surface area (Å²) in [6.07, 6.45) is 6.24. The fourth-order valence-electron chi connectivity index (χ4n) is 3.89. The van der Waals surface area contributed by atoms with Gasteiger partial charge < -0.3 is 10.6 Å². The fraction of sp³-hybridized carbons (Fsp3) is 0.450. The maximum atomic E-state index is 12.3. The molecule has 0 bridgehead atoms. The molecule has 2 aromatic rings. The van der Waals surface area contributed by atoms with Gasteiger partial charge in [0.1, 0.15) is 5.82 Å². The number of anilines is 1. The Balaban J connectivity index is 1.46. The first-order valence-electron chi connectivity index (χ1n) is 9.25. The summed E-state index contributed by atoms with van der Waals surface area (Å²) in [7, 11) is 0. The highest BCUT2D eigenvalue weighted by Gasteiger charge is 2.37. The highest BCUT2D eigenvalue weighted by molar-refractivity contribution is 5.79. The Morgan fingerprint density at radius 2 is 1.88 bits per heavy atom. The summed E-state index contributed by atoms with van der Waals surface area (Å²) in [4.78, 5) is 23.3. The van der Waals surface area contributed by atoms with E-state index in [2.05, 4.69) is 43.7 Å². The number of hydrogen-bond donors (Lipinski definition) is 2. The summed E-state index contributed by atoms with van der Waals surface area (Å²) in [5, 5.41) is 6.78. The summed E-state index contributed by atoms with van der Waals surface area (Å²) in [5.74, 6) is 0.933. The Hall–Kier alpha value is -2.47. The van der Waals surface area contributed by atoms with E-state index < -0.39 is 0 Å². The van der Waals surface area contributed by atoms with Crippen molar-refractivity contribution >= 4 is 11.6 Å². The second-order valence-corrected chi connectivity index (χ2v) is 7.43. The number of aryl methyl sites for hydroxylation is 1. The number of aromatic nitrogens is 2. The highest BCUT2D eigenvalue weighted by atomic mass is 16.1. The molecule has 1 fully saturated rings. The first-order valence-corrected chi connectivity index (χ1v) is 9.25. The number of carbonyl (C=O) groups is 1. The van der Waals surface area contributed by atoms with Gasteiger partial charge in [-0.25, -0.2) is 9.97 Å². The number of hydrogen-bond acceptors (Lipinski definition) is 5. The third kappa shape index (κ3) is 3.70. The number of para-hydroxylation sites is 1. The zero-order valence-electron chi connectivity index (χ0n) is 15.2. The van der Waals surface area contributed by atoms with Gasteiger partial charge in [-0.3, -0.25) is 9.69 Å². The van der Waals surface area contributed by atoms with Crippen molar-refractivity contribution in [3.8, 4) is 0 Å². The largest absolute Gasteiger partial charge is 0.379 e. The van der Waals surface area contributed by atoms with Crippen LogP contribution < -0.4 is 10.6 Å². The van der Waals surface area contributed by atoms with Crippen molar-refractivity contribution in [2.75, 3.05) is 18.4 Å². The van der Waals surface area contributed by atoms with E-state index in [0.717, 1.165) is 55.1 Å². The van der Waals surface area contributed by atoms with Crippen molar-refractivity contribution in [3.05, 3.63) is 53.6 Å². The number of nitrogens with one attached hydrogen (secondary N) is 2. The van der Waals surface area contributed by atoms with Gasteiger partial charge in [0.25, 0.3) is 0 Å². The van der Waals surface area contributed by atoms with Crippen molar-refractivity contribution < 1.29 is 4.79 Å². The van der Waals surface area contributed by atoms with E-state index in [-0.39, 0.29) is 11.4 Å². The molecular formula is C20H25N5O. The lowest BCUT2D eigenvalue weighted by Gasteiger charge is -2.44. The van der Waals surface area contributed by atoms with Crippen LogP contribution in [0.25, 0.3) is 0 Å². The van der Waals surface area contributed by atoms with Gasteiger partial charge >= 0.3 is 0 Å². The summed E-state index contributed by atoms with van der Waals surface area (Å²) < 4.78 is 0. The second-order valence-electron chi connectivity index (χ2n) is 7.43. The number of piperidine rings is 1. The van der Waals surface area contributed by atoms with Gasteiger partial charge in [-0.05, 0) is 31.4 Å². The molecule has 1 saturated heterocycles. The molecular weight excluding hydrogens is 326 g/mol. The smallest absolute Gasteiger partial charge is 0.222 e. The van der Waals surface area contributed by atoms with E-state index in [9.17, 15) is 4.79 Å². The Morgan fingerprint density at radius 3 is 2.65 bits per heavy atom. The Labute approximate surface area is 154 Å². The molecule has 0 aliphatic carbocycles. The zero-order valence-corrected chi connectivity index (χ0v) is 15.2. The summed E-state index contributed by atoms with van der Waals surface area (Å²) in [5.41, 5.74) is 3.27. The van der Waals surface area contributed by atoms with Gasteiger partial charge in [0.15, 0.2) is 0 Å². The van der Waals surface area contributed by atoms with Gasteiger partial charge in [0.05, 0.1) is 0 Å². The standard InChI is InChI=1S/C20H25N5O/c1-15-21-11-16(12-22-15)14-25-8-6-20(7-9-25)10-19(26)23-13-17-4-2-3-5-18(17)24-20/h2-5,11-12,24H,6-10,13-14H2,1H3,(H,23,26). The normalized spacial score (nSPS) is 19.8. The third-order valence-corrected chi connectivity index (χ3v) is 5.45. The number of amides is 1. The van der Waals surface area contributed by atoms with Crippen LogP contribution in [-0.4, -0.2) is 39.4 Å². The summed E-state index contributed by atoms with van der Waals surface area (Å²) in [6, 6.07) is 8.27. The van der Waals surface area contributed by atoms with E-state index in [1.165, 1.54) is 0 Å². The number of rotatable bonds is 2. The molecule has 1 aromatic carbocycles. The molecule has 26 heavy (non-hydrogen) atoms. The number of fused-ring (bicyclic) bond motifs is 1. The van der Waals surface area contributed by atoms with E-state index in [1.807, 2.05) is 25.4 Å². The molecule has 0 saturated carbocycles. The molecule has 1 aromatic heterocycles. The lowest BCUT2D eigenvalue weighted by molar-refractivity contribution is -0.122. The number of nitrogens with zero attached hydrogens (tertiary/aromatic N) is 3. The predicted octanol–water partition coefficient (Wildman–Crippen LogP) is 2.25. The van der Waals surface area contributed by atoms with Gasteiger partial charge in [0, 0.05) is 61.8 Å². The van der Waals surface area contributed by atoms with Crippen LogP contribution >= 0.6 is 0 Å². The molecule has 2 aliphatic heterocycles. The first-order chi connectivity index (χ1) is 12.6. The Kier molecular flexibility index (Phi) is 4.59. The minimum absolute atomic E-state index is 0.132. The van der Waals surface area contributed by atoms with Gasteiger partial charge in [-0.2, -0.15) is 0 Å². The number of benzene rings is 1. The van der Waals surface area contributed by atoms with E-state index in [1.54, 1.807) is 0 Å². The molecule has 0 unspecified atom stereocenters. The monoisotopic (exact) mass is 351 g/mol. The maximum Gasteiger partial charge on any atom is 0.222 e. The van der Waals surface area contributed by atoms with Crippen LogP contribution in [-0.2, 0) is 17.9 Å². The van der Waals surface area contributed by atoms with Crippen LogP contribution in [0.5, 0.6) is 0 Å². The average Bonchev–Trinajstić information content (AvgIpc) is 2.64. The molecule has 0 radical (unpaired) electrons. The summed E-state index contributed by atoms with van der Waals surface area (Å²) >= 11 is 0. The molecule has 4 rings (SSSR count). The quantitative estimate of drug-likeness (QED) is 0.868. The van der Waals surface area contributed by atoms with Crippen LogP contribution in [0.1, 0.15) is 36.2 Å². The topological polar surface area (TPSA) is 70.2 Å². The second kappa shape index (κ2) is 7.03. The molecule has 136 valence electrons. The fourth-order valence-corrected chi connectivity index (χ4v) is 3.89. The average molecular weight is 351 g/mol. The van der Waals surface area contributed by atoms with Crippen molar-refractivity contribution in [3.63, 3.8) is 0 Å². The zero-order chi connectivity index (χ0) is 18.0. The number of likely N-dealkylation sites (tertiary alicyclic amines) is 1. The van der Waals surface area contributed by atoms with Crippen LogP contribution in [0.4, 0.5) is 5.69 Å². The van der Waals surface area contributed by atoms with Crippen LogP contribution in [0, 0.1) is 6.92 Å². The minimum atomic E-state index is -0.166. The third-order valence-electron chi connectivity index (χ3n) is 5.45. The Bertz CT molecular complexity index is 781. The SMILES string of the molecule is Cc1ncc(CN2CCC3(CC2)CC(=O)NCc2ccccc2N3)cn1. The maximum absolute atomic E-state index is 12.3. The molecule has 1 amide bonds. The van der Waals surface area contributed by atoms with Crippen molar-refractivity contribution in [1.29, 1.82) is 0 Å². The van der Waals surface area contributed by atoms with Crippen molar-refractivity contribution in [2.45, 2.75) is 44.8 Å². The van der Waals surface area contributed by atoms with Crippen molar-refractivity contribution in [2.24, 2.45) is 0 Å². The lowest BCUT2D eigenvalue weighted by atomic mass is 9.82. The molecule has 6 heteroatoms.